The van der Waals surface area contributed by atoms with E-state index in [-0.39, 0.29) is 17.1 Å². The van der Waals surface area contributed by atoms with Gasteiger partial charge in [0, 0.05) is 5.25 Å². The maximum atomic E-state index is 13.4. The summed E-state index contributed by atoms with van der Waals surface area (Å²) in [4.78, 5) is 28.6. The van der Waals surface area contributed by atoms with E-state index < -0.39 is 0 Å². The van der Waals surface area contributed by atoms with Gasteiger partial charge in [-0.15, -0.1) is 11.8 Å². The van der Waals surface area contributed by atoms with Crippen LogP contribution in [0.25, 0.3) is 5.57 Å². The summed E-state index contributed by atoms with van der Waals surface area (Å²) in [6, 6.07) is 13.1. The van der Waals surface area contributed by atoms with Crippen LogP contribution < -0.4 is 9.64 Å². The number of ether oxygens (including phenoxy) is 1. The van der Waals surface area contributed by atoms with E-state index >= 15 is 0 Å². The lowest BCUT2D eigenvalue weighted by atomic mass is 10.1. The Morgan fingerprint density at radius 2 is 1.69 bits per heavy atom. The number of imide groups is 1. The molecule has 29 heavy (non-hydrogen) atoms. The first-order valence-corrected chi connectivity index (χ1v) is 10.8. The number of hydrogen-bond acceptors (Lipinski definition) is 4. The van der Waals surface area contributed by atoms with E-state index in [1.165, 1.54) is 16.7 Å². The Morgan fingerprint density at radius 1 is 1.00 bits per heavy atom. The van der Waals surface area contributed by atoms with Crippen LogP contribution in [-0.4, -0.2) is 23.7 Å². The highest BCUT2D eigenvalue weighted by molar-refractivity contribution is 8.04. The van der Waals surface area contributed by atoms with Crippen molar-refractivity contribution in [1.29, 1.82) is 0 Å². The van der Waals surface area contributed by atoms with Gasteiger partial charge in [-0.1, -0.05) is 45.0 Å². The molecule has 2 aromatic rings. The smallest absolute Gasteiger partial charge is 0.272 e. The zero-order valence-corrected chi connectivity index (χ0v) is 18.4. The molecule has 0 saturated heterocycles. The van der Waals surface area contributed by atoms with E-state index in [4.69, 9.17) is 4.74 Å². The zero-order chi connectivity index (χ0) is 21.1. The summed E-state index contributed by atoms with van der Waals surface area (Å²) in [7, 11) is 0. The standard InChI is InChI=1S/C24H27NO3S/c1-6-14-28-19-12-10-18(11-13-19)21-22(29-15(2)3)24(27)25(23(21)26)20-9-7-8-16(4)17(20)5/h7-13,15H,6,14H2,1-5H3. The Hall–Kier alpha value is -2.53. The predicted octanol–water partition coefficient (Wildman–Crippen LogP) is 5.52. The number of carbonyl (C=O) groups is 2. The van der Waals surface area contributed by atoms with Crippen LogP contribution in [0.4, 0.5) is 5.69 Å². The molecule has 0 atom stereocenters. The molecule has 0 radical (unpaired) electrons. The second-order valence-corrected chi connectivity index (χ2v) is 9.00. The summed E-state index contributed by atoms with van der Waals surface area (Å²) in [5.74, 6) is 0.246. The fourth-order valence-electron chi connectivity index (χ4n) is 3.24. The number of nitrogens with zero attached hydrogens (tertiary/aromatic N) is 1. The minimum absolute atomic E-state index is 0.183. The van der Waals surface area contributed by atoms with E-state index in [0.717, 1.165) is 28.9 Å². The maximum absolute atomic E-state index is 13.4. The fraction of sp³-hybridized carbons (Fsp3) is 0.333. The van der Waals surface area contributed by atoms with Gasteiger partial charge in [-0.05, 0) is 55.2 Å². The summed E-state index contributed by atoms with van der Waals surface area (Å²) in [6.45, 7) is 10.7. The highest BCUT2D eigenvalue weighted by atomic mass is 32.2. The Kier molecular flexibility index (Phi) is 6.48. The number of aryl methyl sites for hydroxylation is 1. The van der Waals surface area contributed by atoms with Crippen molar-refractivity contribution in [1.82, 2.24) is 0 Å². The van der Waals surface area contributed by atoms with Gasteiger partial charge in [0.25, 0.3) is 11.8 Å². The van der Waals surface area contributed by atoms with E-state index in [0.29, 0.717) is 22.8 Å². The molecule has 1 heterocycles. The van der Waals surface area contributed by atoms with Gasteiger partial charge in [0.15, 0.2) is 0 Å². The van der Waals surface area contributed by atoms with Crippen molar-refractivity contribution in [3.8, 4) is 5.75 Å². The summed E-state index contributed by atoms with van der Waals surface area (Å²) in [6.07, 6.45) is 0.930. The van der Waals surface area contributed by atoms with Crippen molar-refractivity contribution in [2.45, 2.75) is 46.3 Å². The van der Waals surface area contributed by atoms with E-state index in [1.54, 1.807) is 0 Å². The molecule has 2 amide bonds. The lowest BCUT2D eigenvalue weighted by molar-refractivity contribution is -0.119. The van der Waals surface area contributed by atoms with Gasteiger partial charge in [-0.25, -0.2) is 4.90 Å². The molecule has 0 spiro atoms. The highest BCUT2D eigenvalue weighted by Crippen LogP contribution is 2.41. The summed E-state index contributed by atoms with van der Waals surface area (Å²) >= 11 is 1.44. The average molecular weight is 410 g/mol. The first kappa shape index (κ1) is 21.2. The largest absolute Gasteiger partial charge is 0.494 e. The third-order valence-electron chi connectivity index (χ3n) is 4.83. The van der Waals surface area contributed by atoms with Gasteiger partial charge in [0.1, 0.15) is 5.75 Å². The Balaban J connectivity index is 2.04. The van der Waals surface area contributed by atoms with Gasteiger partial charge in [0.05, 0.1) is 22.8 Å². The van der Waals surface area contributed by atoms with Gasteiger partial charge >= 0.3 is 0 Å². The molecule has 4 nitrogen and oxygen atoms in total. The van der Waals surface area contributed by atoms with Gasteiger partial charge in [-0.2, -0.15) is 0 Å². The number of carbonyl (C=O) groups excluding carboxylic acids is 2. The van der Waals surface area contributed by atoms with Crippen LogP contribution in [0.1, 0.15) is 43.9 Å². The van der Waals surface area contributed by atoms with Gasteiger partial charge < -0.3 is 4.74 Å². The normalized spacial score (nSPS) is 14.3. The molecule has 152 valence electrons. The van der Waals surface area contributed by atoms with Crippen molar-refractivity contribution >= 4 is 34.8 Å². The van der Waals surface area contributed by atoms with Gasteiger partial charge in [-0.3, -0.25) is 9.59 Å². The molecular weight excluding hydrogens is 382 g/mol. The first-order valence-electron chi connectivity index (χ1n) is 9.94. The number of hydrogen-bond donors (Lipinski definition) is 0. The quantitative estimate of drug-likeness (QED) is 0.565. The lowest BCUT2D eigenvalue weighted by Gasteiger charge is -2.19. The SMILES string of the molecule is CCCOc1ccc(C2=C(SC(C)C)C(=O)N(c3cccc(C)c3C)C2=O)cc1. The van der Waals surface area contributed by atoms with Crippen LogP contribution in [0.3, 0.4) is 0 Å². The third-order valence-corrected chi connectivity index (χ3v) is 5.91. The number of amides is 2. The number of thioether (sulfide) groups is 1. The molecule has 0 N–H and O–H groups in total. The van der Waals surface area contributed by atoms with Crippen LogP contribution in [0, 0.1) is 13.8 Å². The summed E-state index contributed by atoms with van der Waals surface area (Å²) < 4.78 is 5.65. The third kappa shape index (κ3) is 4.25. The Bertz CT molecular complexity index is 961. The second kappa shape index (κ2) is 8.87. The molecule has 0 aliphatic carbocycles. The van der Waals surface area contributed by atoms with Crippen molar-refractivity contribution in [3.63, 3.8) is 0 Å². The second-order valence-electron chi connectivity index (χ2n) is 7.41. The fourth-order valence-corrected chi connectivity index (χ4v) is 4.23. The Labute approximate surface area is 176 Å². The summed E-state index contributed by atoms with van der Waals surface area (Å²) in [5, 5.41) is 0.183. The lowest BCUT2D eigenvalue weighted by Crippen LogP contribution is -2.32. The summed E-state index contributed by atoms with van der Waals surface area (Å²) in [5.41, 5.74) is 3.85. The molecule has 0 bridgehead atoms. The molecule has 0 unspecified atom stereocenters. The first-order chi connectivity index (χ1) is 13.8. The van der Waals surface area contributed by atoms with Crippen molar-refractivity contribution in [2.75, 3.05) is 11.5 Å². The number of anilines is 1. The molecule has 1 aliphatic heterocycles. The predicted molar refractivity (Wildman–Crippen MR) is 120 cm³/mol. The van der Waals surface area contributed by atoms with Gasteiger partial charge in [0.2, 0.25) is 0 Å². The molecule has 3 rings (SSSR count). The molecular formula is C24H27NO3S. The van der Waals surface area contributed by atoms with Crippen molar-refractivity contribution < 1.29 is 14.3 Å². The van der Waals surface area contributed by atoms with Crippen LogP contribution in [-0.2, 0) is 9.59 Å². The molecule has 5 heteroatoms. The number of benzene rings is 2. The van der Waals surface area contributed by atoms with Crippen LogP contribution in [0.15, 0.2) is 47.4 Å². The maximum Gasteiger partial charge on any atom is 0.272 e. The van der Waals surface area contributed by atoms with Crippen LogP contribution in [0.2, 0.25) is 0 Å². The minimum Gasteiger partial charge on any atom is -0.494 e. The molecule has 2 aromatic carbocycles. The number of rotatable bonds is 7. The Morgan fingerprint density at radius 3 is 2.31 bits per heavy atom. The minimum atomic E-state index is -0.269. The molecule has 0 aromatic heterocycles. The van der Waals surface area contributed by atoms with Crippen molar-refractivity contribution in [3.05, 3.63) is 64.1 Å². The zero-order valence-electron chi connectivity index (χ0n) is 17.6. The van der Waals surface area contributed by atoms with E-state index in [9.17, 15) is 9.59 Å². The van der Waals surface area contributed by atoms with E-state index in [1.807, 2.05) is 70.2 Å². The van der Waals surface area contributed by atoms with Crippen LogP contribution >= 0.6 is 11.8 Å². The topological polar surface area (TPSA) is 46.6 Å². The monoisotopic (exact) mass is 409 g/mol. The molecule has 1 aliphatic rings. The average Bonchev–Trinajstić information content (AvgIpc) is 2.92. The molecule has 0 saturated carbocycles. The van der Waals surface area contributed by atoms with Crippen LogP contribution in [0.5, 0.6) is 5.75 Å². The van der Waals surface area contributed by atoms with Crippen molar-refractivity contribution in [2.24, 2.45) is 0 Å². The highest BCUT2D eigenvalue weighted by Gasteiger charge is 2.41. The van der Waals surface area contributed by atoms with E-state index in [2.05, 4.69) is 6.92 Å². The molecule has 0 fully saturated rings.